The zero-order chi connectivity index (χ0) is 18.5. The van der Waals surface area contributed by atoms with E-state index in [0.717, 1.165) is 28.1 Å². The lowest BCUT2D eigenvalue weighted by Gasteiger charge is -2.08. The third-order valence-corrected chi connectivity index (χ3v) is 4.10. The standard InChI is InChI=1S/C21H17N3O3/c25-20(8-6-15-5-7-18-19(11-15)27-14-26-18)24-13-17-4-2-10-23-21(17)16-3-1-9-22-12-16/h1-12H,13-14H2,(H,24,25). The first-order valence-corrected chi connectivity index (χ1v) is 8.49. The average molecular weight is 359 g/mol. The van der Waals surface area contributed by atoms with Crippen molar-refractivity contribution >= 4 is 12.0 Å². The lowest BCUT2D eigenvalue weighted by molar-refractivity contribution is -0.116. The number of carbonyl (C=O) groups excluding carboxylic acids is 1. The average Bonchev–Trinajstić information content (AvgIpc) is 3.19. The van der Waals surface area contributed by atoms with Gasteiger partial charge in [0.2, 0.25) is 12.7 Å². The van der Waals surface area contributed by atoms with Gasteiger partial charge >= 0.3 is 0 Å². The van der Waals surface area contributed by atoms with Gasteiger partial charge in [0.05, 0.1) is 5.69 Å². The van der Waals surface area contributed by atoms with E-state index in [1.54, 1.807) is 24.7 Å². The van der Waals surface area contributed by atoms with E-state index >= 15 is 0 Å². The zero-order valence-electron chi connectivity index (χ0n) is 14.5. The van der Waals surface area contributed by atoms with Gasteiger partial charge in [-0.3, -0.25) is 14.8 Å². The van der Waals surface area contributed by atoms with Gasteiger partial charge in [0, 0.05) is 36.8 Å². The van der Waals surface area contributed by atoms with E-state index in [1.165, 1.54) is 6.08 Å². The first-order valence-electron chi connectivity index (χ1n) is 8.49. The van der Waals surface area contributed by atoms with E-state index in [0.29, 0.717) is 12.3 Å². The fourth-order valence-corrected chi connectivity index (χ4v) is 2.77. The van der Waals surface area contributed by atoms with Crippen LogP contribution in [-0.4, -0.2) is 22.7 Å². The number of nitrogens with one attached hydrogen (secondary N) is 1. The predicted molar refractivity (Wildman–Crippen MR) is 101 cm³/mol. The summed E-state index contributed by atoms with van der Waals surface area (Å²) >= 11 is 0. The van der Waals surface area contributed by atoms with Crippen molar-refractivity contribution in [3.05, 3.63) is 78.3 Å². The third-order valence-electron chi connectivity index (χ3n) is 4.10. The van der Waals surface area contributed by atoms with Crippen LogP contribution in [0.15, 0.2) is 67.1 Å². The number of fused-ring (bicyclic) bond motifs is 1. The van der Waals surface area contributed by atoms with Crippen molar-refractivity contribution in [1.29, 1.82) is 0 Å². The molecular weight excluding hydrogens is 342 g/mol. The molecule has 1 N–H and O–H groups in total. The summed E-state index contributed by atoms with van der Waals surface area (Å²) in [5, 5.41) is 2.89. The normalized spacial score (nSPS) is 12.3. The molecule has 134 valence electrons. The van der Waals surface area contributed by atoms with Gasteiger partial charge in [-0.05, 0) is 47.5 Å². The number of hydrogen-bond acceptors (Lipinski definition) is 5. The topological polar surface area (TPSA) is 73.3 Å². The highest BCUT2D eigenvalue weighted by Gasteiger charge is 2.12. The zero-order valence-corrected chi connectivity index (χ0v) is 14.5. The molecular formula is C21H17N3O3. The summed E-state index contributed by atoms with van der Waals surface area (Å²) in [7, 11) is 0. The molecule has 1 aliphatic heterocycles. The van der Waals surface area contributed by atoms with Crippen molar-refractivity contribution in [2.45, 2.75) is 6.54 Å². The van der Waals surface area contributed by atoms with Crippen LogP contribution in [0.1, 0.15) is 11.1 Å². The Bertz CT molecular complexity index is 987. The molecule has 0 saturated carbocycles. The van der Waals surface area contributed by atoms with Crippen LogP contribution >= 0.6 is 0 Å². The largest absolute Gasteiger partial charge is 0.454 e. The molecule has 0 radical (unpaired) electrons. The molecule has 2 aromatic heterocycles. The summed E-state index contributed by atoms with van der Waals surface area (Å²) in [6.07, 6.45) is 8.44. The molecule has 0 saturated heterocycles. The van der Waals surface area contributed by atoms with Crippen LogP contribution in [0.5, 0.6) is 11.5 Å². The van der Waals surface area contributed by atoms with Crippen molar-refractivity contribution < 1.29 is 14.3 Å². The van der Waals surface area contributed by atoms with E-state index in [-0.39, 0.29) is 12.7 Å². The van der Waals surface area contributed by atoms with Crippen molar-refractivity contribution in [3.8, 4) is 22.8 Å². The second-order valence-corrected chi connectivity index (χ2v) is 5.92. The molecule has 0 aliphatic carbocycles. The molecule has 0 spiro atoms. The van der Waals surface area contributed by atoms with E-state index in [4.69, 9.17) is 9.47 Å². The predicted octanol–water partition coefficient (Wildman–Crippen LogP) is 3.20. The van der Waals surface area contributed by atoms with Gasteiger partial charge in [0.25, 0.3) is 0 Å². The molecule has 3 heterocycles. The maximum atomic E-state index is 12.2. The molecule has 6 nitrogen and oxygen atoms in total. The summed E-state index contributed by atoms with van der Waals surface area (Å²) in [5.41, 5.74) is 3.52. The number of carbonyl (C=O) groups is 1. The number of rotatable bonds is 5. The van der Waals surface area contributed by atoms with Crippen LogP contribution in [0.25, 0.3) is 17.3 Å². The molecule has 1 aromatic carbocycles. The Morgan fingerprint density at radius 1 is 1.11 bits per heavy atom. The summed E-state index contributed by atoms with van der Waals surface area (Å²) in [5.74, 6) is 1.22. The molecule has 27 heavy (non-hydrogen) atoms. The maximum absolute atomic E-state index is 12.2. The maximum Gasteiger partial charge on any atom is 0.244 e. The monoisotopic (exact) mass is 359 g/mol. The van der Waals surface area contributed by atoms with Crippen molar-refractivity contribution in [2.24, 2.45) is 0 Å². The van der Waals surface area contributed by atoms with Gasteiger partial charge in [-0.25, -0.2) is 0 Å². The molecule has 0 unspecified atom stereocenters. The van der Waals surface area contributed by atoms with Crippen LogP contribution in [0.3, 0.4) is 0 Å². The fraction of sp³-hybridized carbons (Fsp3) is 0.0952. The van der Waals surface area contributed by atoms with Crippen LogP contribution in [0, 0.1) is 0 Å². The van der Waals surface area contributed by atoms with Gasteiger partial charge in [0.1, 0.15) is 0 Å². The fourth-order valence-electron chi connectivity index (χ4n) is 2.77. The molecule has 4 rings (SSSR count). The van der Waals surface area contributed by atoms with E-state index in [1.807, 2.05) is 42.5 Å². The summed E-state index contributed by atoms with van der Waals surface area (Å²) in [4.78, 5) is 20.7. The van der Waals surface area contributed by atoms with E-state index < -0.39 is 0 Å². The Kier molecular flexibility index (Phi) is 4.78. The molecule has 1 aliphatic rings. The molecule has 0 bridgehead atoms. The van der Waals surface area contributed by atoms with Gasteiger partial charge in [-0.2, -0.15) is 0 Å². The minimum absolute atomic E-state index is 0.186. The smallest absolute Gasteiger partial charge is 0.244 e. The molecule has 3 aromatic rings. The Balaban J connectivity index is 1.41. The lowest BCUT2D eigenvalue weighted by Crippen LogP contribution is -2.20. The Hall–Kier alpha value is -3.67. The number of ether oxygens (including phenoxy) is 2. The molecule has 0 atom stereocenters. The summed E-state index contributed by atoms with van der Waals surface area (Å²) in [6.45, 7) is 0.607. The molecule has 6 heteroatoms. The van der Waals surface area contributed by atoms with Crippen molar-refractivity contribution in [2.75, 3.05) is 6.79 Å². The van der Waals surface area contributed by atoms with Gasteiger partial charge in [-0.15, -0.1) is 0 Å². The summed E-state index contributed by atoms with van der Waals surface area (Å²) in [6, 6.07) is 13.1. The number of amides is 1. The Morgan fingerprint density at radius 2 is 2.00 bits per heavy atom. The highest BCUT2D eigenvalue weighted by Crippen LogP contribution is 2.32. The number of pyridine rings is 2. The van der Waals surface area contributed by atoms with Gasteiger partial charge in [-0.1, -0.05) is 12.1 Å². The first kappa shape index (κ1) is 16.8. The van der Waals surface area contributed by atoms with Crippen LogP contribution < -0.4 is 14.8 Å². The second-order valence-electron chi connectivity index (χ2n) is 5.92. The molecule has 1 amide bonds. The highest BCUT2D eigenvalue weighted by atomic mass is 16.7. The van der Waals surface area contributed by atoms with E-state index in [9.17, 15) is 4.79 Å². The van der Waals surface area contributed by atoms with Crippen LogP contribution in [-0.2, 0) is 11.3 Å². The minimum atomic E-state index is -0.186. The minimum Gasteiger partial charge on any atom is -0.454 e. The van der Waals surface area contributed by atoms with Crippen molar-refractivity contribution in [3.63, 3.8) is 0 Å². The highest BCUT2D eigenvalue weighted by molar-refractivity contribution is 5.91. The lowest BCUT2D eigenvalue weighted by atomic mass is 10.1. The number of aromatic nitrogens is 2. The van der Waals surface area contributed by atoms with Crippen LogP contribution in [0.2, 0.25) is 0 Å². The van der Waals surface area contributed by atoms with Crippen molar-refractivity contribution in [1.82, 2.24) is 15.3 Å². The van der Waals surface area contributed by atoms with E-state index in [2.05, 4.69) is 15.3 Å². The quantitative estimate of drug-likeness (QED) is 0.708. The summed E-state index contributed by atoms with van der Waals surface area (Å²) < 4.78 is 10.6. The Morgan fingerprint density at radius 3 is 2.89 bits per heavy atom. The second kappa shape index (κ2) is 7.70. The van der Waals surface area contributed by atoms with Gasteiger partial charge in [0.15, 0.2) is 11.5 Å². The number of nitrogens with zero attached hydrogens (tertiary/aromatic N) is 2. The SMILES string of the molecule is O=C(C=Cc1ccc2c(c1)OCO2)NCc1cccnc1-c1cccnc1. The number of benzene rings is 1. The van der Waals surface area contributed by atoms with Gasteiger partial charge < -0.3 is 14.8 Å². The third kappa shape index (κ3) is 3.95. The van der Waals surface area contributed by atoms with Crippen LogP contribution in [0.4, 0.5) is 0 Å². The molecule has 0 fully saturated rings. The Labute approximate surface area is 156 Å². The first-order chi connectivity index (χ1) is 13.3. The number of hydrogen-bond donors (Lipinski definition) is 1.